The van der Waals surface area contributed by atoms with Gasteiger partial charge in [0.25, 0.3) is 0 Å². The Kier molecular flexibility index (Phi) is 11.9. The maximum atomic E-state index is 13.9. The third-order valence-corrected chi connectivity index (χ3v) is 9.85. The molecule has 12 nitrogen and oxygen atoms in total. The van der Waals surface area contributed by atoms with Crippen LogP contribution in [0.5, 0.6) is 17.2 Å². The number of fused-ring (bicyclic) bond motifs is 3. The molecule has 1 aromatic heterocycles. The van der Waals surface area contributed by atoms with Gasteiger partial charge in [0.05, 0.1) is 33.1 Å². The van der Waals surface area contributed by atoms with Crippen molar-refractivity contribution in [1.29, 1.82) is 0 Å². The number of aromatic amines is 1. The number of nitrogens with one attached hydrogen (secondary N) is 4. The molecule has 1 fully saturated rings. The van der Waals surface area contributed by atoms with E-state index in [9.17, 15) is 14.4 Å². The first-order valence-corrected chi connectivity index (χ1v) is 17.9. The fraction of sp³-hybridized carbons (Fsp3) is 0.514. The number of hydrogen-bond donors (Lipinski definition) is 4. The summed E-state index contributed by atoms with van der Waals surface area (Å²) in [5.41, 5.74) is 2.97. The van der Waals surface area contributed by atoms with Crippen molar-refractivity contribution in [2.45, 2.75) is 76.8 Å². The first-order valence-electron chi connectivity index (χ1n) is 16.5. The number of rotatable bonds is 14. The van der Waals surface area contributed by atoms with E-state index in [1.807, 2.05) is 18.4 Å². The summed E-state index contributed by atoms with van der Waals surface area (Å²) in [7, 11) is 4.67. The number of carbonyl (C=O) groups is 2. The summed E-state index contributed by atoms with van der Waals surface area (Å²) in [5, 5.41) is 16.3. The van der Waals surface area contributed by atoms with Crippen LogP contribution in [0.25, 0.3) is 11.1 Å². The lowest BCUT2D eigenvalue weighted by molar-refractivity contribution is -0.120. The lowest BCUT2D eigenvalue weighted by Crippen LogP contribution is -2.36. The molecule has 3 aromatic rings. The van der Waals surface area contributed by atoms with Crippen LogP contribution in [0.2, 0.25) is 0 Å². The standard InChI is InChI=1S/C35H46N6O6S/c1-20(42)36-25-13-11-22-18-29(45-2)32(46-3)33(47-4)31(22)23-12-14-26(28(43)19-24(23)25)37-27(16-17-48-5)34(44)39-35-38-30(40-41-35)15-10-21-8-6-7-9-21/h12,14,18-19,21,25,27H,6-11,13,15-17H2,1-5H3,(H,36,42)(H,37,43)(H2,38,39,40,41,44)/t25-,27-/m1/s1. The molecule has 1 saturated carbocycles. The molecule has 0 spiro atoms. The molecule has 5 rings (SSSR count). The number of nitrogens with zero attached hydrogens (tertiary/aromatic N) is 2. The van der Waals surface area contributed by atoms with Crippen molar-refractivity contribution in [1.82, 2.24) is 20.5 Å². The van der Waals surface area contributed by atoms with Gasteiger partial charge in [-0.1, -0.05) is 31.7 Å². The highest BCUT2D eigenvalue weighted by atomic mass is 32.2. The summed E-state index contributed by atoms with van der Waals surface area (Å²) in [5.74, 6) is 3.26. The van der Waals surface area contributed by atoms with Crippen LogP contribution in [0, 0.1) is 5.92 Å². The SMILES string of the molecule is COc1cc2c(c(OC)c1OC)-c1ccc(N[C@H](CCSC)C(=O)Nc3n[nH]c(CCC4CCCC4)n3)c(=O)cc1[C@H](NC(C)=O)CC2. The molecule has 1 heterocycles. The van der Waals surface area contributed by atoms with Crippen LogP contribution >= 0.6 is 11.8 Å². The van der Waals surface area contributed by atoms with Crippen molar-refractivity contribution in [3.8, 4) is 28.4 Å². The average molecular weight is 679 g/mol. The van der Waals surface area contributed by atoms with Crippen molar-refractivity contribution in [3.63, 3.8) is 0 Å². The number of thioether (sulfide) groups is 1. The van der Waals surface area contributed by atoms with Gasteiger partial charge < -0.3 is 24.8 Å². The fourth-order valence-electron chi connectivity index (χ4n) is 6.82. The van der Waals surface area contributed by atoms with Gasteiger partial charge in [-0.05, 0) is 78.5 Å². The number of hydrogen-bond acceptors (Lipinski definition) is 10. The second-order valence-corrected chi connectivity index (χ2v) is 13.3. The number of anilines is 2. The normalized spacial score (nSPS) is 16.2. The van der Waals surface area contributed by atoms with E-state index in [0.29, 0.717) is 53.4 Å². The number of aryl methyl sites for hydroxylation is 2. The monoisotopic (exact) mass is 678 g/mol. The van der Waals surface area contributed by atoms with Gasteiger partial charge >= 0.3 is 0 Å². The second kappa shape index (κ2) is 16.2. The molecule has 4 N–H and O–H groups in total. The third kappa shape index (κ3) is 8.05. The molecule has 0 radical (unpaired) electrons. The predicted octanol–water partition coefficient (Wildman–Crippen LogP) is 5.28. The van der Waals surface area contributed by atoms with Crippen LogP contribution in [0.15, 0.2) is 29.1 Å². The molecule has 0 unspecified atom stereocenters. The first kappa shape index (κ1) is 35.1. The average Bonchev–Trinajstić information content (AvgIpc) is 3.71. The van der Waals surface area contributed by atoms with E-state index < -0.39 is 12.1 Å². The largest absolute Gasteiger partial charge is 0.493 e. The maximum Gasteiger partial charge on any atom is 0.249 e. The minimum atomic E-state index is -0.731. The topological polar surface area (TPSA) is 157 Å². The molecule has 2 aliphatic carbocycles. The van der Waals surface area contributed by atoms with Crippen molar-refractivity contribution in [2.24, 2.45) is 5.92 Å². The van der Waals surface area contributed by atoms with Gasteiger partial charge in [-0.3, -0.25) is 24.8 Å². The van der Waals surface area contributed by atoms with Gasteiger partial charge in [0.15, 0.2) is 11.5 Å². The van der Waals surface area contributed by atoms with Crippen LogP contribution < -0.4 is 35.6 Å². The van der Waals surface area contributed by atoms with Crippen LogP contribution in [0.3, 0.4) is 0 Å². The number of aromatic nitrogens is 3. The summed E-state index contributed by atoms with van der Waals surface area (Å²) < 4.78 is 17.2. The molecular formula is C35H46N6O6S. The molecule has 0 aliphatic heterocycles. The Morgan fingerprint density at radius 1 is 1.06 bits per heavy atom. The van der Waals surface area contributed by atoms with Gasteiger partial charge in [-0.15, -0.1) is 5.10 Å². The second-order valence-electron chi connectivity index (χ2n) is 12.4. The summed E-state index contributed by atoms with van der Waals surface area (Å²) in [6.45, 7) is 1.46. The minimum absolute atomic E-state index is 0.209. The van der Waals surface area contributed by atoms with Crippen molar-refractivity contribution in [3.05, 3.63) is 51.4 Å². The molecule has 2 amide bonds. The molecule has 0 saturated heterocycles. The van der Waals surface area contributed by atoms with Crippen molar-refractivity contribution in [2.75, 3.05) is 44.0 Å². The van der Waals surface area contributed by atoms with Gasteiger partial charge in [0, 0.05) is 18.9 Å². The Morgan fingerprint density at radius 3 is 2.52 bits per heavy atom. The molecule has 2 atom stereocenters. The maximum absolute atomic E-state index is 13.9. The number of methoxy groups -OCH3 is 3. The molecule has 48 heavy (non-hydrogen) atoms. The van der Waals surface area contributed by atoms with Crippen LogP contribution in [-0.4, -0.2) is 66.4 Å². The van der Waals surface area contributed by atoms with Gasteiger partial charge in [-0.25, -0.2) is 0 Å². The van der Waals surface area contributed by atoms with E-state index >= 15 is 0 Å². The van der Waals surface area contributed by atoms with Gasteiger partial charge in [-0.2, -0.15) is 16.7 Å². The number of carbonyl (C=O) groups excluding carboxylic acids is 2. The van der Waals surface area contributed by atoms with E-state index in [0.717, 1.165) is 35.7 Å². The molecule has 2 aromatic carbocycles. The molecular weight excluding hydrogens is 632 g/mol. The predicted molar refractivity (Wildman–Crippen MR) is 188 cm³/mol. The smallest absolute Gasteiger partial charge is 0.249 e. The Hall–Kier alpha value is -4.26. The van der Waals surface area contributed by atoms with Crippen LogP contribution in [0.4, 0.5) is 11.6 Å². The van der Waals surface area contributed by atoms with E-state index in [4.69, 9.17) is 14.2 Å². The van der Waals surface area contributed by atoms with E-state index in [-0.39, 0.29) is 28.9 Å². The number of H-pyrrole nitrogens is 1. The van der Waals surface area contributed by atoms with E-state index in [1.54, 1.807) is 45.2 Å². The highest BCUT2D eigenvalue weighted by molar-refractivity contribution is 7.98. The van der Waals surface area contributed by atoms with Crippen molar-refractivity contribution >= 4 is 35.2 Å². The van der Waals surface area contributed by atoms with E-state index in [1.165, 1.54) is 32.6 Å². The Balaban J connectivity index is 1.47. The van der Waals surface area contributed by atoms with Crippen LogP contribution in [-0.2, 0) is 22.4 Å². The zero-order chi connectivity index (χ0) is 34.2. The zero-order valence-corrected chi connectivity index (χ0v) is 29.2. The van der Waals surface area contributed by atoms with E-state index in [2.05, 4.69) is 31.1 Å². The Bertz CT molecular complexity index is 1670. The lowest BCUT2D eigenvalue weighted by atomic mass is 9.95. The molecule has 13 heteroatoms. The molecule has 2 aliphatic rings. The first-order chi connectivity index (χ1) is 23.3. The summed E-state index contributed by atoms with van der Waals surface area (Å²) in [6.07, 6.45) is 10.5. The Labute approximate surface area is 285 Å². The van der Waals surface area contributed by atoms with Crippen LogP contribution in [0.1, 0.15) is 74.9 Å². The highest BCUT2D eigenvalue weighted by Gasteiger charge is 2.30. The lowest BCUT2D eigenvalue weighted by Gasteiger charge is -2.19. The summed E-state index contributed by atoms with van der Waals surface area (Å²) >= 11 is 1.61. The molecule has 258 valence electrons. The van der Waals surface area contributed by atoms with Gasteiger partial charge in [0.1, 0.15) is 11.9 Å². The molecule has 0 bridgehead atoms. The number of benzene rings is 1. The third-order valence-electron chi connectivity index (χ3n) is 9.20. The highest BCUT2D eigenvalue weighted by Crippen LogP contribution is 2.50. The number of ether oxygens (including phenoxy) is 3. The summed E-state index contributed by atoms with van der Waals surface area (Å²) in [6, 6.07) is 5.80. The zero-order valence-electron chi connectivity index (χ0n) is 28.4. The fourth-order valence-corrected chi connectivity index (χ4v) is 7.29. The van der Waals surface area contributed by atoms with Gasteiger partial charge in [0.2, 0.25) is 28.9 Å². The van der Waals surface area contributed by atoms with Crippen molar-refractivity contribution < 1.29 is 23.8 Å². The number of amides is 2. The summed E-state index contributed by atoms with van der Waals surface area (Å²) in [4.78, 5) is 44.3. The Morgan fingerprint density at radius 2 is 1.83 bits per heavy atom. The minimum Gasteiger partial charge on any atom is -0.493 e. The quantitative estimate of drug-likeness (QED) is 0.177.